The van der Waals surface area contributed by atoms with E-state index in [4.69, 9.17) is 22.8 Å². The lowest BCUT2D eigenvalue weighted by molar-refractivity contribution is -0.113. The van der Waals surface area contributed by atoms with E-state index in [1.165, 1.54) is 0 Å². The summed E-state index contributed by atoms with van der Waals surface area (Å²) in [5.41, 5.74) is 0. The largest absolute Gasteiger partial charge is 0.500 e. The van der Waals surface area contributed by atoms with E-state index in [-0.39, 0.29) is 6.10 Å². The highest BCUT2D eigenvalue weighted by atomic mass is 28.4. The number of ether oxygens (including phenoxy) is 2. The van der Waals surface area contributed by atoms with E-state index in [9.17, 15) is 0 Å². The van der Waals surface area contributed by atoms with Crippen LogP contribution in [0.15, 0.2) is 0 Å². The van der Waals surface area contributed by atoms with E-state index >= 15 is 0 Å². The average Bonchev–Trinajstić information content (AvgIpc) is 2.29. The molecule has 1 aliphatic heterocycles. The maximum absolute atomic E-state index is 5.75. The molecular weight excluding hydrogens is 240 g/mol. The summed E-state index contributed by atoms with van der Waals surface area (Å²) >= 11 is 0. The number of hydrogen-bond acceptors (Lipinski definition) is 5. The Hall–Kier alpha value is 0.0169. The summed E-state index contributed by atoms with van der Waals surface area (Å²) in [6, 6.07) is 0.775. The van der Waals surface area contributed by atoms with Crippen LogP contribution in [0.3, 0.4) is 0 Å². The van der Waals surface area contributed by atoms with Crippen molar-refractivity contribution >= 4 is 8.80 Å². The monoisotopic (exact) mass is 264 g/mol. The van der Waals surface area contributed by atoms with Crippen LogP contribution in [0.5, 0.6) is 0 Å². The number of rotatable bonds is 9. The highest BCUT2D eigenvalue weighted by Crippen LogP contribution is 2.25. The van der Waals surface area contributed by atoms with Crippen molar-refractivity contribution in [1.29, 1.82) is 0 Å². The lowest BCUT2D eigenvalue weighted by atomic mass is 9.99. The maximum Gasteiger partial charge on any atom is 0.500 e. The van der Waals surface area contributed by atoms with E-state index in [0.717, 1.165) is 32.3 Å². The molecule has 5 nitrogen and oxygen atoms in total. The van der Waals surface area contributed by atoms with E-state index in [1.807, 2.05) is 6.92 Å². The first-order valence-corrected chi connectivity index (χ1v) is 7.99. The molecule has 0 N–H and O–H groups in total. The molecule has 1 unspecified atom stereocenters. The molecule has 6 heteroatoms. The molecule has 1 atom stereocenters. The third-order valence-electron chi connectivity index (χ3n) is 3.24. The standard InChI is InChI=1S/C11H24O5Si/c1-5-16-11(10-8-15-9-10)6-7-17(12-2,13-3)14-4/h10-11H,5-9H2,1-4H3. The van der Waals surface area contributed by atoms with Crippen molar-refractivity contribution in [1.82, 2.24) is 0 Å². The summed E-state index contributed by atoms with van der Waals surface area (Å²) in [4.78, 5) is 0. The zero-order valence-electron chi connectivity index (χ0n) is 11.2. The fourth-order valence-corrected chi connectivity index (χ4v) is 3.76. The van der Waals surface area contributed by atoms with Gasteiger partial charge in [0, 0.05) is 39.9 Å². The van der Waals surface area contributed by atoms with Crippen LogP contribution in [-0.4, -0.2) is 56.1 Å². The van der Waals surface area contributed by atoms with Crippen molar-refractivity contribution in [3.8, 4) is 0 Å². The summed E-state index contributed by atoms with van der Waals surface area (Å²) in [7, 11) is 2.46. The minimum absolute atomic E-state index is 0.223. The molecule has 1 aliphatic rings. The second-order valence-electron chi connectivity index (χ2n) is 4.13. The molecule has 0 aromatic heterocycles. The molecule has 0 bridgehead atoms. The van der Waals surface area contributed by atoms with Gasteiger partial charge in [-0.3, -0.25) is 0 Å². The fraction of sp³-hybridized carbons (Fsp3) is 1.00. The Balaban J connectivity index is 2.43. The van der Waals surface area contributed by atoms with Gasteiger partial charge in [-0.15, -0.1) is 0 Å². The van der Waals surface area contributed by atoms with Gasteiger partial charge in [0.05, 0.1) is 19.3 Å². The Labute approximate surface area is 105 Å². The molecule has 17 heavy (non-hydrogen) atoms. The molecule has 0 aromatic carbocycles. The topological polar surface area (TPSA) is 46.2 Å². The zero-order valence-corrected chi connectivity index (χ0v) is 12.2. The highest BCUT2D eigenvalue weighted by molar-refractivity contribution is 6.60. The van der Waals surface area contributed by atoms with Gasteiger partial charge in [-0.2, -0.15) is 0 Å². The first kappa shape index (κ1) is 15.1. The SMILES string of the molecule is CCOC(CC[Si](OC)(OC)OC)C1COC1. The van der Waals surface area contributed by atoms with E-state index in [1.54, 1.807) is 21.3 Å². The van der Waals surface area contributed by atoms with Crippen LogP contribution in [0.25, 0.3) is 0 Å². The molecule has 1 rings (SSSR count). The van der Waals surface area contributed by atoms with Gasteiger partial charge in [-0.1, -0.05) is 0 Å². The van der Waals surface area contributed by atoms with Crippen LogP contribution in [0, 0.1) is 5.92 Å². The molecule has 1 saturated heterocycles. The van der Waals surface area contributed by atoms with Crippen LogP contribution >= 0.6 is 0 Å². The Morgan fingerprint density at radius 2 is 1.76 bits per heavy atom. The minimum atomic E-state index is -2.46. The van der Waals surface area contributed by atoms with Gasteiger partial charge in [0.25, 0.3) is 0 Å². The Morgan fingerprint density at radius 1 is 1.18 bits per heavy atom. The van der Waals surface area contributed by atoms with Gasteiger partial charge in [0.1, 0.15) is 0 Å². The predicted octanol–water partition coefficient (Wildman–Crippen LogP) is 1.31. The Bertz CT molecular complexity index is 198. The molecule has 102 valence electrons. The third kappa shape index (κ3) is 4.01. The molecule has 0 radical (unpaired) electrons. The van der Waals surface area contributed by atoms with Crippen molar-refractivity contribution in [3.05, 3.63) is 0 Å². The molecule has 1 fully saturated rings. The van der Waals surface area contributed by atoms with Crippen LogP contribution in [0.2, 0.25) is 6.04 Å². The molecule has 0 aromatic rings. The van der Waals surface area contributed by atoms with Crippen molar-refractivity contribution < 1.29 is 22.8 Å². The van der Waals surface area contributed by atoms with Gasteiger partial charge in [0.15, 0.2) is 0 Å². The zero-order chi connectivity index (χ0) is 12.7. The average molecular weight is 264 g/mol. The van der Waals surface area contributed by atoms with Gasteiger partial charge in [-0.05, 0) is 13.3 Å². The van der Waals surface area contributed by atoms with E-state index in [2.05, 4.69) is 0 Å². The predicted molar refractivity (Wildman–Crippen MR) is 65.9 cm³/mol. The molecule has 0 amide bonds. The van der Waals surface area contributed by atoms with Crippen molar-refractivity contribution in [2.45, 2.75) is 25.5 Å². The van der Waals surface area contributed by atoms with Crippen LogP contribution in [0.4, 0.5) is 0 Å². The minimum Gasteiger partial charge on any atom is -0.380 e. The highest BCUT2D eigenvalue weighted by Gasteiger charge is 2.40. The smallest absolute Gasteiger partial charge is 0.380 e. The molecule has 1 heterocycles. The van der Waals surface area contributed by atoms with E-state index < -0.39 is 8.80 Å². The molecular formula is C11H24O5Si. The van der Waals surface area contributed by atoms with Crippen LogP contribution in [0.1, 0.15) is 13.3 Å². The van der Waals surface area contributed by atoms with Gasteiger partial charge < -0.3 is 22.8 Å². The van der Waals surface area contributed by atoms with Gasteiger partial charge >= 0.3 is 8.80 Å². The maximum atomic E-state index is 5.75. The summed E-state index contributed by atoms with van der Waals surface area (Å²) in [5, 5.41) is 0. The second-order valence-corrected chi connectivity index (χ2v) is 7.22. The van der Waals surface area contributed by atoms with Gasteiger partial charge in [0.2, 0.25) is 0 Å². The third-order valence-corrected chi connectivity index (χ3v) is 6.01. The Morgan fingerprint density at radius 3 is 2.12 bits per heavy atom. The van der Waals surface area contributed by atoms with Crippen molar-refractivity contribution in [3.63, 3.8) is 0 Å². The lowest BCUT2D eigenvalue weighted by Gasteiger charge is -2.34. The molecule has 0 saturated carbocycles. The summed E-state index contributed by atoms with van der Waals surface area (Å²) in [6.07, 6.45) is 1.12. The summed E-state index contributed by atoms with van der Waals surface area (Å²) in [5.74, 6) is 0.507. The normalized spacial score (nSPS) is 19.1. The number of hydrogen-bond donors (Lipinski definition) is 0. The quantitative estimate of drug-likeness (QED) is 0.588. The second kappa shape index (κ2) is 7.45. The van der Waals surface area contributed by atoms with Crippen LogP contribution in [-0.2, 0) is 22.8 Å². The first-order valence-electron chi connectivity index (χ1n) is 6.06. The van der Waals surface area contributed by atoms with E-state index in [0.29, 0.717) is 5.92 Å². The summed E-state index contributed by atoms with van der Waals surface area (Å²) < 4.78 is 27.2. The summed E-state index contributed by atoms with van der Waals surface area (Å²) in [6.45, 7) is 4.33. The van der Waals surface area contributed by atoms with Crippen molar-refractivity contribution in [2.24, 2.45) is 5.92 Å². The van der Waals surface area contributed by atoms with Crippen LogP contribution < -0.4 is 0 Å². The van der Waals surface area contributed by atoms with Crippen molar-refractivity contribution in [2.75, 3.05) is 41.2 Å². The Kier molecular flexibility index (Phi) is 6.61. The van der Waals surface area contributed by atoms with Gasteiger partial charge in [-0.25, -0.2) is 0 Å². The lowest BCUT2D eigenvalue weighted by Crippen LogP contribution is -2.45. The molecule has 0 spiro atoms. The fourth-order valence-electron chi connectivity index (χ4n) is 2.01. The molecule has 0 aliphatic carbocycles. The first-order chi connectivity index (χ1) is 8.21.